The van der Waals surface area contributed by atoms with Crippen LogP contribution in [0.4, 0.5) is 0 Å². The predicted molar refractivity (Wildman–Crippen MR) is 44.5 cm³/mol. The first-order valence-electron chi connectivity index (χ1n) is 5.06. The van der Waals surface area contributed by atoms with E-state index in [1.807, 2.05) is 0 Å². The van der Waals surface area contributed by atoms with Gasteiger partial charge in [0.2, 0.25) is 5.91 Å². The third kappa shape index (κ3) is 0.829. The quantitative estimate of drug-likeness (QED) is 0.573. The van der Waals surface area contributed by atoms with Crippen molar-refractivity contribution >= 4 is 5.91 Å². The van der Waals surface area contributed by atoms with Gasteiger partial charge in [-0.1, -0.05) is 12.2 Å². The Kier molecular flexibility index (Phi) is 1.12. The Morgan fingerprint density at radius 1 is 1.83 bits per heavy atom. The summed E-state index contributed by atoms with van der Waals surface area (Å²) in [4.78, 5) is 12.9. The van der Waals surface area contributed by atoms with Gasteiger partial charge in [0, 0.05) is 13.0 Å². The third-order valence-corrected chi connectivity index (χ3v) is 2.70. The first-order chi connectivity index (χ1) is 6.37. The second kappa shape index (κ2) is 2.33. The third-order valence-electron chi connectivity index (χ3n) is 2.70. The average molecular weight is 169 g/mol. The number of aliphatic hydroxyl groups is 1. The van der Waals surface area contributed by atoms with Crippen molar-refractivity contribution in [1.29, 1.82) is 0 Å². The van der Waals surface area contributed by atoms with Gasteiger partial charge in [-0.3, -0.25) is 4.79 Å². The number of nitrogens with zero attached hydrogens (tertiary/aromatic N) is 1. The van der Waals surface area contributed by atoms with Gasteiger partial charge in [0.15, 0.2) is 0 Å². The largest absolute Gasteiger partial charge is 0.394 e. The molecule has 1 N–H and O–H groups in total. The summed E-state index contributed by atoms with van der Waals surface area (Å²) in [7, 11) is 0. The summed E-state index contributed by atoms with van der Waals surface area (Å²) < 4.78 is 14.8. The van der Waals surface area contributed by atoms with Crippen molar-refractivity contribution in [2.45, 2.75) is 24.8 Å². The van der Waals surface area contributed by atoms with E-state index < -0.39 is 12.1 Å². The van der Waals surface area contributed by atoms with Crippen molar-refractivity contribution in [1.82, 2.24) is 4.90 Å². The lowest BCUT2D eigenvalue weighted by Gasteiger charge is -2.28. The summed E-state index contributed by atoms with van der Waals surface area (Å²) >= 11 is 0. The van der Waals surface area contributed by atoms with Gasteiger partial charge in [-0.05, 0) is 12.8 Å². The van der Waals surface area contributed by atoms with Gasteiger partial charge < -0.3 is 10.0 Å². The number of rotatable bonds is 1. The van der Waals surface area contributed by atoms with E-state index in [2.05, 4.69) is 6.58 Å². The lowest BCUT2D eigenvalue weighted by Crippen LogP contribution is -2.43. The topological polar surface area (TPSA) is 40.5 Å². The molecule has 2 heterocycles. The molecule has 2 aliphatic rings. The van der Waals surface area contributed by atoms with Crippen LogP contribution in [0.15, 0.2) is 12.2 Å². The van der Waals surface area contributed by atoms with E-state index in [9.17, 15) is 9.90 Å². The smallest absolute Gasteiger partial charge is 0.223 e. The first-order valence-corrected chi connectivity index (χ1v) is 4.06. The van der Waals surface area contributed by atoms with Gasteiger partial charge in [0.05, 0.1) is 14.8 Å². The summed E-state index contributed by atoms with van der Waals surface area (Å²) in [5.41, 5.74) is -0.225. The van der Waals surface area contributed by atoms with Crippen LogP contribution in [-0.2, 0) is 4.79 Å². The lowest BCUT2D eigenvalue weighted by molar-refractivity contribution is -0.130. The summed E-state index contributed by atoms with van der Waals surface area (Å²) in [5.74, 6) is -0.0819. The van der Waals surface area contributed by atoms with Gasteiger partial charge in [-0.15, -0.1) is 0 Å². The number of hydrogen-bond donors (Lipinski definition) is 1. The van der Waals surface area contributed by atoms with E-state index in [0.29, 0.717) is 25.8 Å². The van der Waals surface area contributed by atoms with E-state index in [4.69, 9.17) is 2.74 Å². The van der Waals surface area contributed by atoms with E-state index >= 15 is 0 Å². The molecule has 1 amide bonds. The molecular weight excluding hydrogens is 154 g/mol. The highest BCUT2D eigenvalue weighted by atomic mass is 16.3. The zero-order valence-corrected chi connectivity index (χ0v) is 6.84. The summed E-state index contributed by atoms with van der Waals surface area (Å²) in [6, 6.07) is 0. The number of amides is 1. The molecule has 2 fully saturated rings. The molecular formula is C9H13NO2. The maximum atomic E-state index is 11.5. The fourth-order valence-electron chi connectivity index (χ4n) is 2.09. The minimum atomic E-state index is -2.33. The van der Waals surface area contributed by atoms with Crippen LogP contribution < -0.4 is 0 Å². The van der Waals surface area contributed by atoms with Crippen molar-refractivity contribution in [2.75, 3.05) is 13.1 Å². The summed E-state index contributed by atoms with van der Waals surface area (Å²) in [6.45, 7) is 1.81. The minimum Gasteiger partial charge on any atom is -0.394 e. The normalized spacial score (nSPS) is 38.2. The number of carbonyl (C=O) groups excluding carboxylic acids is 1. The van der Waals surface area contributed by atoms with E-state index in [1.165, 1.54) is 4.90 Å². The maximum Gasteiger partial charge on any atom is 0.223 e. The second-order valence-electron chi connectivity index (χ2n) is 3.55. The lowest BCUT2D eigenvalue weighted by atomic mass is 9.94. The van der Waals surface area contributed by atoms with E-state index in [-0.39, 0.29) is 5.91 Å². The standard InChI is InChI=1S/C9H13NO2/c1-7-4-9(6-11)3-2-8(12)10(9)5-7/h11H,1-6H2/i6D2. The molecule has 0 aliphatic carbocycles. The molecule has 2 aliphatic heterocycles. The molecule has 0 aromatic rings. The highest BCUT2D eigenvalue weighted by molar-refractivity contribution is 5.81. The molecule has 0 spiro atoms. The van der Waals surface area contributed by atoms with Crippen LogP contribution in [0.2, 0.25) is 0 Å². The van der Waals surface area contributed by atoms with Crippen molar-refractivity contribution in [3.63, 3.8) is 0 Å². The van der Waals surface area contributed by atoms with Crippen LogP contribution in [0.5, 0.6) is 0 Å². The Hall–Kier alpha value is -0.830. The SMILES string of the molecule is [2H]C([2H])(O)C12CCC(=O)N1CC(=C)C2. The molecule has 1 atom stereocenters. The molecule has 0 aromatic heterocycles. The fraction of sp³-hybridized carbons (Fsp3) is 0.667. The zero-order chi connectivity index (χ0) is 10.6. The molecule has 66 valence electrons. The second-order valence-corrected chi connectivity index (χ2v) is 3.55. The highest BCUT2D eigenvalue weighted by Crippen LogP contribution is 2.40. The Bertz CT molecular complexity index is 310. The average Bonchev–Trinajstić information content (AvgIpc) is 2.49. The molecule has 0 aromatic carbocycles. The van der Waals surface area contributed by atoms with Crippen LogP contribution in [0.1, 0.15) is 22.0 Å². The van der Waals surface area contributed by atoms with Gasteiger partial charge in [-0.25, -0.2) is 0 Å². The van der Waals surface area contributed by atoms with Gasteiger partial charge >= 0.3 is 0 Å². The van der Waals surface area contributed by atoms with E-state index in [0.717, 1.165) is 5.57 Å². The molecule has 0 bridgehead atoms. The maximum absolute atomic E-state index is 11.5. The van der Waals surface area contributed by atoms with Crippen LogP contribution >= 0.6 is 0 Å². The van der Waals surface area contributed by atoms with Crippen LogP contribution in [0.3, 0.4) is 0 Å². The number of hydrogen-bond acceptors (Lipinski definition) is 2. The predicted octanol–water partition coefficient (Wildman–Crippen LogP) is 0.300. The Labute approximate surface area is 74.5 Å². The van der Waals surface area contributed by atoms with Crippen LogP contribution in [-0.4, -0.2) is 34.6 Å². The van der Waals surface area contributed by atoms with Crippen LogP contribution in [0, 0.1) is 0 Å². The molecule has 3 nitrogen and oxygen atoms in total. The number of fused-ring (bicyclic) bond motifs is 1. The number of carbonyl (C=O) groups is 1. The minimum absolute atomic E-state index is 0.0819. The van der Waals surface area contributed by atoms with Crippen molar-refractivity contribution in [3.8, 4) is 0 Å². The monoisotopic (exact) mass is 169 g/mol. The molecule has 12 heavy (non-hydrogen) atoms. The molecule has 1 unspecified atom stereocenters. The molecule has 0 radical (unpaired) electrons. The van der Waals surface area contributed by atoms with Crippen LogP contribution in [0.25, 0.3) is 0 Å². The zero-order valence-electron chi connectivity index (χ0n) is 8.84. The van der Waals surface area contributed by atoms with Gasteiger partial charge in [-0.2, -0.15) is 0 Å². The fourth-order valence-corrected chi connectivity index (χ4v) is 2.09. The van der Waals surface area contributed by atoms with Crippen molar-refractivity contribution < 1.29 is 12.6 Å². The highest BCUT2D eigenvalue weighted by Gasteiger charge is 2.49. The van der Waals surface area contributed by atoms with E-state index in [1.54, 1.807) is 0 Å². The van der Waals surface area contributed by atoms with Gasteiger partial charge in [0.1, 0.15) is 0 Å². The van der Waals surface area contributed by atoms with Crippen molar-refractivity contribution in [2.24, 2.45) is 0 Å². The summed E-state index contributed by atoms with van der Waals surface area (Å²) in [6.07, 6.45) is 1.09. The van der Waals surface area contributed by atoms with Crippen molar-refractivity contribution in [3.05, 3.63) is 12.2 Å². The Balaban J connectivity index is 2.42. The molecule has 2 saturated heterocycles. The Morgan fingerprint density at radius 2 is 2.58 bits per heavy atom. The molecule has 3 heteroatoms. The molecule has 0 saturated carbocycles. The first kappa shape index (κ1) is 5.75. The van der Waals surface area contributed by atoms with Gasteiger partial charge in [0.25, 0.3) is 0 Å². The summed E-state index contributed by atoms with van der Waals surface area (Å²) in [5, 5.41) is 9.51. The Morgan fingerprint density at radius 3 is 3.17 bits per heavy atom. The molecule has 2 rings (SSSR count).